The van der Waals surface area contributed by atoms with Crippen LogP contribution in [-0.2, 0) is 4.79 Å². The summed E-state index contributed by atoms with van der Waals surface area (Å²) < 4.78 is 10.5. The number of ether oxygens (including phenoxy) is 2. The summed E-state index contributed by atoms with van der Waals surface area (Å²) in [5.41, 5.74) is 0.694. The van der Waals surface area contributed by atoms with Gasteiger partial charge < -0.3 is 14.6 Å². The molecule has 1 atom stereocenters. The third-order valence-corrected chi connectivity index (χ3v) is 2.51. The lowest BCUT2D eigenvalue weighted by molar-refractivity contribution is -0.138. The Kier molecular flexibility index (Phi) is 2.49. The van der Waals surface area contributed by atoms with Crippen molar-refractivity contribution in [2.75, 3.05) is 6.79 Å². The molecule has 4 heteroatoms. The molecule has 1 aliphatic rings. The first-order valence-electron chi connectivity index (χ1n) is 4.85. The summed E-state index contributed by atoms with van der Waals surface area (Å²) in [6.07, 6.45) is 0.537. The Balaban J connectivity index is 2.43. The lowest BCUT2D eigenvalue weighted by atomic mass is 9.95. The molecule has 0 bridgehead atoms. The molecule has 1 heterocycles. The molecule has 15 heavy (non-hydrogen) atoms. The Morgan fingerprint density at radius 3 is 3.00 bits per heavy atom. The molecule has 0 saturated carbocycles. The van der Waals surface area contributed by atoms with Crippen LogP contribution in [0.3, 0.4) is 0 Å². The highest BCUT2D eigenvalue weighted by Gasteiger charge is 2.26. The van der Waals surface area contributed by atoms with E-state index < -0.39 is 11.9 Å². The molecule has 0 radical (unpaired) electrons. The summed E-state index contributed by atoms with van der Waals surface area (Å²) >= 11 is 0. The molecule has 0 saturated heterocycles. The Morgan fingerprint density at radius 2 is 2.33 bits per heavy atom. The van der Waals surface area contributed by atoms with Gasteiger partial charge in [0.1, 0.15) is 0 Å². The highest BCUT2D eigenvalue weighted by molar-refractivity contribution is 5.77. The molecule has 1 N–H and O–H groups in total. The zero-order chi connectivity index (χ0) is 10.8. The van der Waals surface area contributed by atoms with Crippen molar-refractivity contribution in [2.45, 2.75) is 19.3 Å². The number of rotatable bonds is 3. The van der Waals surface area contributed by atoms with Gasteiger partial charge in [0.15, 0.2) is 11.5 Å². The number of benzene rings is 1. The van der Waals surface area contributed by atoms with Gasteiger partial charge in [0.25, 0.3) is 0 Å². The number of carbonyl (C=O) groups is 1. The molecule has 0 aromatic heterocycles. The number of carboxylic acids is 1. The first-order valence-corrected chi connectivity index (χ1v) is 4.85. The predicted molar refractivity (Wildman–Crippen MR) is 53.2 cm³/mol. The van der Waals surface area contributed by atoms with Gasteiger partial charge in [-0.25, -0.2) is 0 Å². The van der Waals surface area contributed by atoms with Crippen LogP contribution in [0.15, 0.2) is 18.2 Å². The van der Waals surface area contributed by atoms with Crippen LogP contribution in [0.2, 0.25) is 0 Å². The van der Waals surface area contributed by atoms with Crippen molar-refractivity contribution in [2.24, 2.45) is 0 Å². The first kappa shape index (κ1) is 9.83. The zero-order valence-corrected chi connectivity index (χ0v) is 8.40. The van der Waals surface area contributed by atoms with Gasteiger partial charge >= 0.3 is 5.97 Å². The van der Waals surface area contributed by atoms with Gasteiger partial charge in [0.2, 0.25) is 6.79 Å². The van der Waals surface area contributed by atoms with Crippen molar-refractivity contribution >= 4 is 5.97 Å². The topological polar surface area (TPSA) is 55.8 Å². The molecule has 80 valence electrons. The van der Waals surface area contributed by atoms with E-state index in [4.69, 9.17) is 14.6 Å². The second-order valence-electron chi connectivity index (χ2n) is 3.38. The average molecular weight is 208 g/mol. The highest BCUT2D eigenvalue weighted by Crippen LogP contribution is 2.39. The van der Waals surface area contributed by atoms with Crippen LogP contribution in [0.5, 0.6) is 11.5 Å². The minimum absolute atomic E-state index is 0.169. The normalized spacial score (nSPS) is 15.0. The summed E-state index contributed by atoms with van der Waals surface area (Å²) in [5, 5.41) is 9.06. The average Bonchev–Trinajstić information content (AvgIpc) is 2.66. The summed E-state index contributed by atoms with van der Waals surface area (Å²) in [4.78, 5) is 11.0. The Labute approximate surface area is 87.4 Å². The maximum absolute atomic E-state index is 11.0. The Bertz CT molecular complexity index is 386. The number of hydrogen-bond donors (Lipinski definition) is 1. The van der Waals surface area contributed by atoms with Gasteiger partial charge in [0.05, 0.1) is 5.92 Å². The highest BCUT2D eigenvalue weighted by atomic mass is 16.7. The SMILES string of the molecule is CCC(C(=O)O)c1cccc2c1OCO2. The molecule has 0 fully saturated rings. The molecule has 2 rings (SSSR count). The van der Waals surface area contributed by atoms with E-state index in [0.717, 1.165) is 0 Å². The Morgan fingerprint density at radius 1 is 1.53 bits per heavy atom. The molecule has 0 amide bonds. The number of carboxylic acid groups (broad SMARTS) is 1. The second-order valence-corrected chi connectivity index (χ2v) is 3.38. The molecule has 1 aromatic rings. The van der Waals surface area contributed by atoms with Gasteiger partial charge in [-0.3, -0.25) is 4.79 Å². The minimum Gasteiger partial charge on any atom is -0.481 e. The van der Waals surface area contributed by atoms with Gasteiger partial charge in [-0.05, 0) is 12.5 Å². The fraction of sp³-hybridized carbons (Fsp3) is 0.364. The van der Waals surface area contributed by atoms with Gasteiger partial charge in [0, 0.05) is 5.56 Å². The second kappa shape index (κ2) is 3.81. The fourth-order valence-corrected chi connectivity index (χ4v) is 1.75. The van der Waals surface area contributed by atoms with Crippen molar-refractivity contribution in [1.29, 1.82) is 0 Å². The molecule has 1 aromatic carbocycles. The Hall–Kier alpha value is -1.71. The standard InChI is InChI=1S/C11H12O4/c1-2-7(11(12)13)8-4-3-5-9-10(8)15-6-14-9/h3-5,7H,2,6H2,1H3,(H,12,13). The minimum atomic E-state index is -0.832. The number of hydrogen-bond acceptors (Lipinski definition) is 3. The predicted octanol–water partition coefficient (Wildman–Crippen LogP) is 1.99. The molecule has 1 aliphatic heterocycles. The molecule has 4 nitrogen and oxygen atoms in total. The molecular weight excluding hydrogens is 196 g/mol. The van der Waals surface area contributed by atoms with Gasteiger partial charge in [-0.15, -0.1) is 0 Å². The molecule has 1 unspecified atom stereocenters. The van der Waals surface area contributed by atoms with Crippen molar-refractivity contribution in [1.82, 2.24) is 0 Å². The van der Waals surface area contributed by atoms with E-state index in [9.17, 15) is 4.79 Å². The summed E-state index contributed by atoms with van der Waals surface area (Å²) in [5.74, 6) is -0.151. The lowest BCUT2D eigenvalue weighted by Crippen LogP contribution is -2.11. The third kappa shape index (κ3) is 1.63. The van der Waals surface area contributed by atoms with Crippen molar-refractivity contribution < 1.29 is 19.4 Å². The first-order chi connectivity index (χ1) is 7.24. The number of para-hydroxylation sites is 1. The number of aliphatic carboxylic acids is 1. The van der Waals surface area contributed by atoms with Crippen LogP contribution >= 0.6 is 0 Å². The molecule has 0 aliphatic carbocycles. The summed E-state index contributed by atoms with van der Waals surface area (Å²) in [7, 11) is 0. The van der Waals surface area contributed by atoms with E-state index in [-0.39, 0.29) is 6.79 Å². The summed E-state index contributed by atoms with van der Waals surface area (Å²) in [6.45, 7) is 2.01. The molecular formula is C11H12O4. The van der Waals surface area contributed by atoms with Crippen molar-refractivity contribution in [3.8, 4) is 11.5 Å². The largest absolute Gasteiger partial charge is 0.481 e. The van der Waals surface area contributed by atoms with E-state index in [1.807, 2.05) is 6.92 Å². The van der Waals surface area contributed by atoms with Gasteiger partial charge in [-0.2, -0.15) is 0 Å². The lowest BCUT2D eigenvalue weighted by Gasteiger charge is -2.12. The van der Waals surface area contributed by atoms with Crippen LogP contribution in [0.25, 0.3) is 0 Å². The van der Waals surface area contributed by atoms with Crippen LogP contribution in [0, 0.1) is 0 Å². The summed E-state index contributed by atoms with van der Waals surface area (Å²) in [6, 6.07) is 5.34. The van der Waals surface area contributed by atoms with Crippen molar-refractivity contribution in [3.05, 3.63) is 23.8 Å². The molecule has 0 spiro atoms. The van der Waals surface area contributed by atoms with E-state index in [2.05, 4.69) is 0 Å². The number of fused-ring (bicyclic) bond motifs is 1. The fourth-order valence-electron chi connectivity index (χ4n) is 1.75. The van der Waals surface area contributed by atoms with Crippen molar-refractivity contribution in [3.63, 3.8) is 0 Å². The van der Waals surface area contributed by atoms with Crippen LogP contribution < -0.4 is 9.47 Å². The van der Waals surface area contributed by atoms with E-state index in [0.29, 0.717) is 23.5 Å². The van der Waals surface area contributed by atoms with Crippen LogP contribution in [-0.4, -0.2) is 17.9 Å². The van der Waals surface area contributed by atoms with E-state index in [1.165, 1.54) is 0 Å². The zero-order valence-electron chi connectivity index (χ0n) is 8.40. The monoisotopic (exact) mass is 208 g/mol. The van der Waals surface area contributed by atoms with Crippen LogP contribution in [0.1, 0.15) is 24.8 Å². The maximum atomic E-state index is 11.0. The maximum Gasteiger partial charge on any atom is 0.311 e. The third-order valence-electron chi connectivity index (χ3n) is 2.51. The smallest absolute Gasteiger partial charge is 0.311 e. The van der Waals surface area contributed by atoms with Gasteiger partial charge in [-0.1, -0.05) is 19.1 Å². The quantitative estimate of drug-likeness (QED) is 0.825. The van der Waals surface area contributed by atoms with Crippen LogP contribution in [0.4, 0.5) is 0 Å². The van der Waals surface area contributed by atoms with E-state index in [1.54, 1.807) is 18.2 Å². The van der Waals surface area contributed by atoms with E-state index >= 15 is 0 Å².